The lowest BCUT2D eigenvalue weighted by Gasteiger charge is -2.19. The monoisotopic (exact) mass is 374 g/mol. The Hall–Kier alpha value is -1.46. The highest BCUT2D eigenvalue weighted by Crippen LogP contribution is 2.27. The molecule has 0 fully saturated rings. The molecule has 3 rings (SSSR count). The average Bonchev–Trinajstić information content (AvgIpc) is 2.79. The first kappa shape index (κ1) is 21.5. The van der Waals surface area contributed by atoms with Crippen LogP contribution >= 0.6 is 37.2 Å². The van der Waals surface area contributed by atoms with Crippen LogP contribution in [0.15, 0.2) is 42.5 Å². The fraction of sp³-hybridized carbons (Fsp3) is 0.188. The lowest BCUT2D eigenvalue weighted by molar-refractivity contribution is 0.554. The van der Waals surface area contributed by atoms with Gasteiger partial charge < -0.3 is 11.5 Å². The molecule has 7 heteroatoms. The van der Waals surface area contributed by atoms with Crippen LogP contribution in [0.25, 0.3) is 22.0 Å². The lowest BCUT2D eigenvalue weighted by Crippen LogP contribution is -2.28. The standard InChI is InChI=1S/C16H18N4.3ClH/c1-16(2,18)12-6-3-10(4-7-12)11-5-8-14-13(9-11)15(17)20-19-14;;;/h3-9H,18H2,1-2H3,(H3,17,19,20);3*1H. The smallest absolute Gasteiger partial charge is 0.153 e. The first-order valence-corrected chi connectivity index (χ1v) is 6.58. The van der Waals surface area contributed by atoms with Gasteiger partial charge in [-0.3, -0.25) is 5.10 Å². The van der Waals surface area contributed by atoms with Crippen LogP contribution in [0.5, 0.6) is 0 Å². The van der Waals surface area contributed by atoms with Crippen molar-refractivity contribution in [2.75, 3.05) is 5.73 Å². The molecular formula is C16H21Cl3N4. The van der Waals surface area contributed by atoms with Gasteiger partial charge in [-0.25, -0.2) is 0 Å². The predicted molar refractivity (Wildman–Crippen MR) is 105 cm³/mol. The molecule has 0 saturated heterocycles. The maximum Gasteiger partial charge on any atom is 0.153 e. The third-order valence-electron chi connectivity index (χ3n) is 3.55. The van der Waals surface area contributed by atoms with Crippen LogP contribution in [0, 0.1) is 0 Å². The molecule has 0 bridgehead atoms. The summed E-state index contributed by atoms with van der Waals surface area (Å²) in [5.41, 5.74) is 15.9. The van der Waals surface area contributed by atoms with Crippen molar-refractivity contribution in [1.29, 1.82) is 0 Å². The molecule has 126 valence electrons. The highest BCUT2D eigenvalue weighted by atomic mass is 35.5. The third-order valence-corrected chi connectivity index (χ3v) is 3.55. The summed E-state index contributed by atoms with van der Waals surface area (Å²) in [6.07, 6.45) is 0. The molecule has 0 amide bonds. The average molecular weight is 376 g/mol. The number of rotatable bonds is 2. The Balaban J connectivity index is 0.00000161. The van der Waals surface area contributed by atoms with Gasteiger partial charge in [0.25, 0.3) is 0 Å². The summed E-state index contributed by atoms with van der Waals surface area (Å²) in [6, 6.07) is 14.4. The minimum absolute atomic E-state index is 0. The van der Waals surface area contributed by atoms with Crippen molar-refractivity contribution in [2.45, 2.75) is 19.4 Å². The second-order valence-electron chi connectivity index (χ2n) is 5.67. The minimum Gasteiger partial charge on any atom is -0.382 e. The zero-order valence-corrected chi connectivity index (χ0v) is 15.3. The Labute approximate surface area is 154 Å². The molecule has 0 saturated carbocycles. The first-order chi connectivity index (χ1) is 9.45. The zero-order valence-electron chi connectivity index (χ0n) is 12.9. The molecule has 0 aliphatic rings. The second kappa shape index (κ2) is 7.88. The van der Waals surface area contributed by atoms with E-state index in [9.17, 15) is 0 Å². The molecule has 1 aromatic heterocycles. The van der Waals surface area contributed by atoms with E-state index < -0.39 is 0 Å². The number of aromatic amines is 1. The van der Waals surface area contributed by atoms with E-state index in [2.05, 4.69) is 46.6 Å². The van der Waals surface area contributed by atoms with Gasteiger partial charge in [0.1, 0.15) is 0 Å². The lowest BCUT2D eigenvalue weighted by atomic mass is 9.93. The third kappa shape index (κ3) is 4.30. The number of benzene rings is 2. The van der Waals surface area contributed by atoms with Gasteiger partial charge in [-0.2, -0.15) is 5.10 Å². The van der Waals surface area contributed by atoms with E-state index in [1.54, 1.807) is 0 Å². The molecule has 0 spiro atoms. The van der Waals surface area contributed by atoms with Crippen molar-refractivity contribution in [3.05, 3.63) is 48.0 Å². The Kier molecular flexibility index (Phi) is 7.38. The fourth-order valence-corrected chi connectivity index (χ4v) is 2.31. The first-order valence-electron chi connectivity index (χ1n) is 6.58. The van der Waals surface area contributed by atoms with E-state index >= 15 is 0 Å². The number of nitrogens with zero attached hydrogens (tertiary/aromatic N) is 1. The van der Waals surface area contributed by atoms with Gasteiger partial charge in [0, 0.05) is 10.9 Å². The molecule has 1 heterocycles. The molecule has 2 aromatic carbocycles. The number of fused-ring (bicyclic) bond motifs is 1. The zero-order chi connectivity index (χ0) is 14.3. The summed E-state index contributed by atoms with van der Waals surface area (Å²) in [5.74, 6) is 0.529. The van der Waals surface area contributed by atoms with Gasteiger partial charge in [0.2, 0.25) is 0 Å². The molecule has 0 aliphatic carbocycles. The summed E-state index contributed by atoms with van der Waals surface area (Å²) in [5, 5.41) is 7.87. The summed E-state index contributed by atoms with van der Waals surface area (Å²) in [6.45, 7) is 4.00. The van der Waals surface area contributed by atoms with E-state index in [0.717, 1.165) is 27.6 Å². The topological polar surface area (TPSA) is 80.7 Å². The van der Waals surface area contributed by atoms with Crippen molar-refractivity contribution in [1.82, 2.24) is 10.2 Å². The van der Waals surface area contributed by atoms with E-state index in [1.807, 2.05) is 19.9 Å². The van der Waals surface area contributed by atoms with E-state index in [4.69, 9.17) is 11.5 Å². The number of anilines is 1. The SMILES string of the molecule is CC(C)(N)c1ccc(-c2ccc3[nH]nc(N)c3c2)cc1.Cl.Cl.Cl. The van der Waals surface area contributed by atoms with Gasteiger partial charge in [0.15, 0.2) is 5.82 Å². The molecule has 3 aromatic rings. The largest absolute Gasteiger partial charge is 0.382 e. The second-order valence-corrected chi connectivity index (χ2v) is 5.67. The highest BCUT2D eigenvalue weighted by molar-refractivity contribution is 5.92. The summed E-state index contributed by atoms with van der Waals surface area (Å²) in [4.78, 5) is 0. The Morgan fingerprint density at radius 2 is 1.48 bits per heavy atom. The Morgan fingerprint density at radius 3 is 2.04 bits per heavy atom. The quantitative estimate of drug-likeness (QED) is 0.625. The number of nitrogens with one attached hydrogen (secondary N) is 1. The van der Waals surface area contributed by atoms with Crippen LogP contribution in [-0.4, -0.2) is 10.2 Å². The van der Waals surface area contributed by atoms with Gasteiger partial charge >= 0.3 is 0 Å². The number of hydrogen-bond donors (Lipinski definition) is 3. The van der Waals surface area contributed by atoms with E-state index in [1.165, 1.54) is 0 Å². The highest BCUT2D eigenvalue weighted by Gasteiger charge is 2.13. The number of H-pyrrole nitrogens is 1. The van der Waals surface area contributed by atoms with Crippen molar-refractivity contribution in [3.8, 4) is 11.1 Å². The van der Waals surface area contributed by atoms with Gasteiger partial charge in [-0.15, -0.1) is 37.2 Å². The molecule has 4 nitrogen and oxygen atoms in total. The van der Waals surface area contributed by atoms with Gasteiger partial charge in [-0.1, -0.05) is 30.3 Å². The molecule has 0 unspecified atom stereocenters. The normalized spacial score (nSPS) is 10.4. The summed E-state index contributed by atoms with van der Waals surface area (Å²) >= 11 is 0. The number of nitrogens with two attached hydrogens (primary N) is 2. The van der Waals surface area contributed by atoms with Crippen LogP contribution in [0.3, 0.4) is 0 Å². The van der Waals surface area contributed by atoms with Gasteiger partial charge in [0.05, 0.1) is 5.52 Å². The summed E-state index contributed by atoms with van der Waals surface area (Å²) < 4.78 is 0. The van der Waals surface area contributed by atoms with Crippen LogP contribution < -0.4 is 11.5 Å². The van der Waals surface area contributed by atoms with Gasteiger partial charge in [-0.05, 0) is 42.7 Å². The van der Waals surface area contributed by atoms with E-state index in [0.29, 0.717) is 5.82 Å². The molecule has 0 atom stereocenters. The van der Waals surface area contributed by atoms with Crippen molar-refractivity contribution in [2.24, 2.45) is 5.73 Å². The Bertz CT molecular complexity index is 761. The van der Waals surface area contributed by atoms with E-state index in [-0.39, 0.29) is 42.8 Å². The van der Waals surface area contributed by atoms with Crippen molar-refractivity contribution < 1.29 is 0 Å². The number of nitrogen functional groups attached to an aromatic ring is 1. The fourth-order valence-electron chi connectivity index (χ4n) is 2.31. The number of hydrogen-bond acceptors (Lipinski definition) is 3. The number of aromatic nitrogens is 2. The molecule has 23 heavy (non-hydrogen) atoms. The molecule has 5 N–H and O–H groups in total. The van der Waals surface area contributed by atoms with Crippen molar-refractivity contribution in [3.63, 3.8) is 0 Å². The Morgan fingerprint density at radius 1 is 0.913 bits per heavy atom. The minimum atomic E-state index is -0.322. The van der Waals surface area contributed by atoms with Crippen LogP contribution in [0.1, 0.15) is 19.4 Å². The van der Waals surface area contributed by atoms with Crippen LogP contribution in [0.4, 0.5) is 5.82 Å². The van der Waals surface area contributed by atoms with Crippen molar-refractivity contribution >= 4 is 53.9 Å². The maximum atomic E-state index is 6.10. The molecular weight excluding hydrogens is 355 g/mol. The van der Waals surface area contributed by atoms with Crippen LogP contribution in [0.2, 0.25) is 0 Å². The number of halogens is 3. The predicted octanol–water partition coefficient (Wildman–Crippen LogP) is 4.27. The molecule has 0 aliphatic heterocycles. The molecule has 0 radical (unpaired) electrons. The summed E-state index contributed by atoms with van der Waals surface area (Å²) in [7, 11) is 0. The maximum absolute atomic E-state index is 6.10. The van der Waals surface area contributed by atoms with Crippen LogP contribution in [-0.2, 0) is 5.54 Å².